The number of anilines is 1. The van der Waals surface area contributed by atoms with E-state index in [1.807, 2.05) is 0 Å². The first-order valence-corrected chi connectivity index (χ1v) is 8.44. The zero-order valence-electron chi connectivity index (χ0n) is 15.7. The summed E-state index contributed by atoms with van der Waals surface area (Å²) in [5.41, 5.74) is 0.644. The number of carbonyl (C=O) groups excluding carboxylic acids is 1. The van der Waals surface area contributed by atoms with Crippen molar-refractivity contribution in [2.45, 2.75) is 33.9 Å². The minimum absolute atomic E-state index is 0.0689. The lowest BCUT2D eigenvalue weighted by Gasteiger charge is -2.10. The van der Waals surface area contributed by atoms with Crippen molar-refractivity contribution in [3.05, 3.63) is 64.0 Å². The van der Waals surface area contributed by atoms with E-state index >= 15 is 0 Å². The number of aromatic nitrogens is 4. The van der Waals surface area contributed by atoms with Gasteiger partial charge in [0.1, 0.15) is 6.54 Å². The van der Waals surface area contributed by atoms with Gasteiger partial charge in [0, 0.05) is 11.9 Å². The molecule has 0 saturated heterocycles. The van der Waals surface area contributed by atoms with E-state index in [9.17, 15) is 26.7 Å². The lowest BCUT2D eigenvalue weighted by atomic mass is 10.1. The van der Waals surface area contributed by atoms with Crippen molar-refractivity contribution < 1.29 is 26.7 Å². The van der Waals surface area contributed by atoms with Crippen molar-refractivity contribution in [3.8, 4) is 0 Å². The van der Waals surface area contributed by atoms with E-state index in [1.54, 1.807) is 19.2 Å². The van der Waals surface area contributed by atoms with E-state index in [-0.39, 0.29) is 17.9 Å². The Bertz CT molecular complexity index is 1080. The molecule has 0 aliphatic rings. The third-order valence-electron chi connectivity index (χ3n) is 4.48. The number of carbonyl (C=O) groups is 1. The van der Waals surface area contributed by atoms with Gasteiger partial charge in [0.05, 0.1) is 29.2 Å². The molecular weight excluding hydrogens is 397 g/mol. The van der Waals surface area contributed by atoms with E-state index in [2.05, 4.69) is 15.5 Å². The fourth-order valence-corrected chi connectivity index (χ4v) is 2.85. The van der Waals surface area contributed by atoms with Gasteiger partial charge in [-0.15, -0.1) is 0 Å². The molecule has 6 nitrogen and oxygen atoms in total. The first-order chi connectivity index (χ1) is 13.6. The lowest BCUT2D eigenvalue weighted by Crippen LogP contribution is -2.21. The Kier molecular flexibility index (Phi) is 5.40. The van der Waals surface area contributed by atoms with Crippen LogP contribution in [0.25, 0.3) is 0 Å². The number of amides is 1. The Balaban J connectivity index is 1.87. The van der Waals surface area contributed by atoms with Crippen molar-refractivity contribution in [1.29, 1.82) is 0 Å². The number of benzene rings is 1. The summed E-state index contributed by atoms with van der Waals surface area (Å²) in [6.07, 6.45) is 1.54. The third kappa shape index (κ3) is 3.71. The SMILES string of the molecule is Cc1nn(Cc2c(F)c(F)c(F)c(F)c2F)c(C)c1NC(=O)Cn1nccc1C. The lowest BCUT2D eigenvalue weighted by molar-refractivity contribution is -0.116. The normalized spacial score (nSPS) is 11.2. The molecule has 1 amide bonds. The average molecular weight is 413 g/mol. The van der Waals surface area contributed by atoms with Gasteiger partial charge in [-0.2, -0.15) is 10.2 Å². The number of aryl methyl sites for hydroxylation is 2. The van der Waals surface area contributed by atoms with Gasteiger partial charge in [-0.05, 0) is 26.8 Å². The molecule has 0 fully saturated rings. The minimum atomic E-state index is -2.22. The Hall–Kier alpha value is -3.24. The van der Waals surface area contributed by atoms with Crippen LogP contribution in [0.4, 0.5) is 27.6 Å². The van der Waals surface area contributed by atoms with Gasteiger partial charge in [-0.1, -0.05) is 0 Å². The van der Waals surface area contributed by atoms with Crippen LogP contribution in [0.3, 0.4) is 0 Å². The zero-order chi connectivity index (χ0) is 21.5. The van der Waals surface area contributed by atoms with E-state index in [4.69, 9.17) is 0 Å². The highest BCUT2D eigenvalue weighted by Crippen LogP contribution is 2.26. The second kappa shape index (κ2) is 7.64. The Morgan fingerprint density at radius 3 is 2.10 bits per heavy atom. The first kappa shape index (κ1) is 20.5. The molecule has 0 radical (unpaired) electrons. The molecule has 2 aromatic heterocycles. The molecule has 0 aliphatic carbocycles. The summed E-state index contributed by atoms with van der Waals surface area (Å²) in [5, 5.41) is 10.7. The molecule has 0 aliphatic heterocycles. The fourth-order valence-electron chi connectivity index (χ4n) is 2.85. The van der Waals surface area contributed by atoms with Gasteiger partial charge in [-0.25, -0.2) is 22.0 Å². The number of rotatable bonds is 5. The van der Waals surface area contributed by atoms with Crippen LogP contribution in [0, 0.1) is 49.9 Å². The molecule has 154 valence electrons. The van der Waals surface area contributed by atoms with Crippen molar-refractivity contribution in [1.82, 2.24) is 19.6 Å². The molecule has 0 bridgehead atoms. The smallest absolute Gasteiger partial charge is 0.246 e. The monoisotopic (exact) mass is 413 g/mol. The van der Waals surface area contributed by atoms with Crippen LogP contribution in [0.1, 0.15) is 22.6 Å². The molecule has 1 N–H and O–H groups in total. The minimum Gasteiger partial charge on any atom is -0.321 e. The first-order valence-electron chi connectivity index (χ1n) is 8.44. The topological polar surface area (TPSA) is 64.7 Å². The Morgan fingerprint density at radius 2 is 1.55 bits per heavy atom. The number of halogens is 5. The summed E-state index contributed by atoms with van der Waals surface area (Å²) in [7, 11) is 0. The van der Waals surface area contributed by atoms with Gasteiger partial charge >= 0.3 is 0 Å². The molecule has 1 aromatic carbocycles. The van der Waals surface area contributed by atoms with Gasteiger partial charge in [-0.3, -0.25) is 14.2 Å². The van der Waals surface area contributed by atoms with E-state index < -0.39 is 47.1 Å². The largest absolute Gasteiger partial charge is 0.321 e. The summed E-state index contributed by atoms with van der Waals surface area (Å²) < 4.78 is 70.5. The second-order valence-electron chi connectivity index (χ2n) is 6.43. The van der Waals surface area contributed by atoms with Crippen molar-refractivity contribution in [2.75, 3.05) is 5.32 Å². The number of hydrogen-bond acceptors (Lipinski definition) is 3. The summed E-state index contributed by atoms with van der Waals surface area (Å²) in [6, 6.07) is 1.73. The van der Waals surface area contributed by atoms with Crippen LogP contribution in [0.15, 0.2) is 12.3 Å². The maximum atomic E-state index is 13.9. The summed E-state index contributed by atoms with van der Waals surface area (Å²) in [6.45, 7) is 4.05. The van der Waals surface area contributed by atoms with Gasteiger partial charge in [0.15, 0.2) is 23.3 Å². The molecule has 29 heavy (non-hydrogen) atoms. The number of hydrogen-bond donors (Lipinski definition) is 1. The van der Waals surface area contributed by atoms with Crippen molar-refractivity contribution in [3.63, 3.8) is 0 Å². The van der Waals surface area contributed by atoms with E-state index in [0.29, 0.717) is 5.69 Å². The molecule has 0 atom stereocenters. The maximum absolute atomic E-state index is 13.9. The Labute approximate surface area is 161 Å². The highest BCUT2D eigenvalue weighted by atomic mass is 19.2. The van der Waals surface area contributed by atoms with Crippen molar-refractivity contribution >= 4 is 11.6 Å². The molecule has 2 heterocycles. The summed E-state index contributed by atoms with van der Waals surface area (Å²) in [4.78, 5) is 12.3. The fraction of sp³-hybridized carbons (Fsp3) is 0.278. The van der Waals surface area contributed by atoms with E-state index in [1.165, 1.54) is 18.5 Å². The standard InChI is InChI=1S/C18H16F5N5O/c1-8-4-5-24-27(8)7-12(29)25-18-9(2)26-28(10(18)3)6-11-13(19)15(21)17(23)16(22)14(11)20/h4-5H,6-7H2,1-3H3,(H,25,29). The number of nitrogens with zero attached hydrogens (tertiary/aromatic N) is 4. The highest BCUT2D eigenvalue weighted by Gasteiger charge is 2.27. The van der Waals surface area contributed by atoms with Crippen LogP contribution in [0.2, 0.25) is 0 Å². The van der Waals surface area contributed by atoms with Gasteiger partial charge in [0.2, 0.25) is 11.7 Å². The molecular formula is C18H16F5N5O. The van der Waals surface area contributed by atoms with Crippen LogP contribution in [-0.4, -0.2) is 25.5 Å². The van der Waals surface area contributed by atoms with Crippen LogP contribution >= 0.6 is 0 Å². The molecule has 11 heteroatoms. The molecule has 0 unspecified atom stereocenters. The van der Waals surface area contributed by atoms with Crippen LogP contribution in [-0.2, 0) is 17.9 Å². The Morgan fingerprint density at radius 1 is 0.966 bits per heavy atom. The predicted molar refractivity (Wildman–Crippen MR) is 92.6 cm³/mol. The van der Waals surface area contributed by atoms with Crippen molar-refractivity contribution in [2.24, 2.45) is 0 Å². The van der Waals surface area contributed by atoms with Gasteiger partial charge in [0.25, 0.3) is 0 Å². The number of nitrogens with one attached hydrogen (secondary N) is 1. The predicted octanol–water partition coefficient (Wildman–Crippen LogP) is 3.39. The summed E-state index contributed by atoms with van der Waals surface area (Å²) in [5.74, 6) is -10.5. The molecule has 0 saturated carbocycles. The van der Waals surface area contributed by atoms with Crippen LogP contribution in [0.5, 0.6) is 0 Å². The summed E-state index contributed by atoms with van der Waals surface area (Å²) >= 11 is 0. The molecule has 3 rings (SSSR count). The highest BCUT2D eigenvalue weighted by molar-refractivity contribution is 5.91. The second-order valence-corrected chi connectivity index (χ2v) is 6.43. The average Bonchev–Trinajstić information content (AvgIpc) is 3.19. The van der Waals surface area contributed by atoms with Gasteiger partial charge < -0.3 is 5.32 Å². The van der Waals surface area contributed by atoms with E-state index in [0.717, 1.165) is 10.4 Å². The maximum Gasteiger partial charge on any atom is 0.246 e. The molecule has 0 spiro atoms. The molecule has 3 aromatic rings. The third-order valence-corrected chi connectivity index (χ3v) is 4.48. The van der Waals surface area contributed by atoms with Crippen LogP contribution < -0.4 is 5.32 Å². The quantitative estimate of drug-likeness (QED) is 0.396. The zero-order valence-corrected chi connectivity index (χ0v) is 15.7.